The third-order valence-electron chi connectivity index (χ3n) is 17.7. The van der Waals surface area contributed by atoms with Gasteiger partial charge < -0.3 is 10.2 Å². The van der Waals surface area contributed by atoms with Crippen LogP contribution in [0.1, 0.15) is 166 Å². The fraction of sp³-hybridized carbons (Fsp3) is 0.419. The van der Waals surface area contributed by atoms with Crippen LogP contribution >= 0.6 is 11.3 Å². The number of rotatable bonds is 4. The smallest absolute Gasteiger partial charge is 0.200 e. The number of thiophene rings is 1. The minimum absolute atomic E-state index is 0.0617. The summed E-state index contributed by atoms with van der Waals surface area (Å²) >= 11 is 1.97. The summed E-state index contributed by atoms with van der Waals surface area (Å²) in [5.74, 6) is 0. The van der Waals surface area contributed by atoms with Crippen LogP contribution in [0.25, 0.3) is 31.3 Å². The maximum absolute atomic E-state index is 4.19. The van der Waals surface area contributed by atoms with Crippen molar-refractivity contribution in [3.8, 4) is 11.1 Å². The lowest BCUT2D eigenvalue weighted by molar-refractivity contribution is 0.332. The Morgan fingerprint density at radius 3 is 1.68 bits per heavy atom. The molecule has 0 saturated carbocycles. The quantitative estimate of drug-likeness (QED) is 0.177. The first-order valence-corrected chi connectivity index (χ1v) is 25.9. The Labute approximate surface area is 400 Å². The first-order valence-electron chi connectivity index (χ1n) is 25.1. The highest BCUT2D eigenvalue weighted by molar-refractivity contribution is 7.27. The van der Waals surface area contributed by atoms with Crippen molar-refractivity contribution in [2.24, 2.45) is 0 Å². The van der Waals surface area contributed by atoms with E-state index in [0.29, 0.717) is 0 Å². The molecular weight excluding hydrogens is 816 g/mol. The summed E-state index contributed by atoms with van der Waals surface area (Å²) in [5, 5.41) is 6.92. The average molecular weight is 887 g/mol. The van der Waals surface area contributed by atoms with Gasteiger partial charge in [0.25, 0.3) is 0 Å². The second-order valence-electron chi connectivity index (χ2n) is 25.2. The molecule has 3 aliphatic carbocycles. The molecule has 0 spiro atoms. The van der Waals surface area contributed by atoms with E-state index in [1.165, 1.54) is 154 Å². The summed E-state index contributed by atoms with van der Waals surface area (Å²) in [7, 11) is 0.872. The molecule has 0 amide bonds. The summed E-state index contributed by atoms with van der Waals surface area (Å²) < 4.78 is 2.78. The Bertz CT molecular complexity index is 3190. The molecule has 1 aliphatic heterocycles. The minimum atomic E-state index is 0.0617. The molecule has 0 bridgehead atoms. The van der Waals surface area contributed by atoms with Crippen LogP contribution in [0.15, 0.2) is 91.0 Å². The Morgan fingerprint density at radius 2 is 1.03 bits per heavy atom. The van der Waals surface area contributed by atoms with Crippen LogP contribution in [-0.2, 0) is 32.5 Å². The van der Waals surface area contributed by atoms with Gasteiger partial charge in [0, 0.05) is 48.8 Å². The van der Waals surface area contributed by atoms with Crippen molar-refractivity contribution >= 4 is 78.2 Å². The molecule has 2 nitrogen and oxygen atoms in total. The summed E-state index contributed by atoms with van der Waals surface area (Å²) in [5.41, 5.74) is 24.2. The molecule has 11 rings (SSSR count). The van der Waals surface area contributed by atoms with Crippen molar-refractivity contribution in [3.63, 3.8) is 0 Å². The second-order valence-corrected chi connectivity index (χ2v) is 26.2. The van der Waals surface area contributed by atoms with Gasteiger partial charge in [-0.3, -0.25) is 0 Å². The SMILES string of the molecule is Cc1cc(-c2cc3c(cc2Nc2ccc4c(c2)C(C)(C)CCC4(C)C)C(C)(C)CCC3(C)C)c2c(c1)N(c1cc3c(cc1C)C(C)(C)CCC3(C)C)c1ccc3c(sc4ccccc43)c1B2. The van der Waals surface area contributed by atoms with Crippen molar-refractivity contribution in [1.82, 2.24) is 0 Å². The molecule has 0 unspecified atom stereocenters. The average Bonchev–Trinajstić information content (AvgIpc) is 3.64. The third-order valence-corrected chi connectivity index (χ3v) is 18.9. The van der Waals surface area contributed by atoms with E-state index < -0.39 is 0 Å². The lowest BCUT2D eigenvalue weighted by Crippen LogP contribution is -2.42. The van der Waals surface area contributed by atoms with Gasteiger partial charge >= 0.3 is 0 Å². The Morgan fingerprint density at radius 1 is 0.470 bits per heavy atom. The van der Waals surface area contributed by atoms with Crippen LogP contribution in [0, 0.1) is 13.8 Å². The number of nitrogens with one attached hydrogen (secondary N) is 1. The predicted octanol–water partition coefficient (Wildman–Crippen LogP) is 16.3. The Kier molecular flexibility index (Phi) is 9.52. The van der Waals surface area contributed by atoms with E-state index in [1.54, 1.807) is 0 Å². The predicted molar refractivity (Wildman–Crippen MR) is 291 cm³/mol. The molecule has 1 aromatic heterocycles. The minimum Gasteiger partial charge on any atom is -0.355 e. The Balaban J connectivity index is 1.19. The molecule has 1 N–H and O–H groups in total. The number of anilines is 5. The molecule has 0 saturated heterocycles. The van der Waals surface area contributed by atoms with Gasteiger partial charge in [-0.05, 0) is 200 Å². The van der Waals surface area contributed by atoms with Crippen LogP contribution in [0.3, 0.4) is 0 Å². The number of hydrogen-bond donors (Lipinski definition) is 1. The van der Waals surface area contributed by atoms with Gasteiger partial charge in [0.05, 0.1) is 0 Å². The molecule has 2 heterocycles. The van der Waals surface area contributed by atoms with E-state index in [4.69, 9.17) is 0 Å². The standard InChI is InChI=1S/C62H71BN2S/c1-36-29-42(41-33-46-47(61(11,12)27-26-60(46,9)10)34-49(41)64-38-19-21-43-45(32-38)59(7,8)24-23-57(43,3)4)54-52(30-36)65(51-35-48-44(31-37(51)2)58(5,6)25-28-62(48,13)14)50-22-20-40-39-17-15-16-18-53(39)66-56(40)55(50)63-54/h15-22,29-35,63-64H,23-28H2,1-14H3. The Hall–Kier alpha value is -4.80. The van der Waals surface area contributed by atoms with Gasteiger partial charge in [-0.1, -0.05) is 126 Å². The summed E-state index contributed by atoms with van der Waals surface area (Å²) in [6, 6.07) is 36.6. The highest BCUT2D eigenvalue weighted by Gasteiger charge is 2.42. The van der Waals surface area contributed by atoms with Gasteiger partial charge in [-0.15, -0.1) is 11.3 Å². The molecule has 66 heavy (non-hydrogen) atoms. The zero-order chi connectivity index (χ0) is 46.7. The number of nitrogens with zero attached hydrogens (tertiary/aromatic N) is 1. The number of hydrogen-bond acceptors (Lipinski definition) is 3. The van der Waals surface area contributed by atoms with E-state index >= 15 is 0 Å². The first kappa shape index (κ1) is 43.8. The molecular formula is C62H71BN2S. The van der Waals surface area contributed by atoms with Crippen molar-refractivity contribution in [3.05, 3.63) is 136 Å². The summed E-state index contributed by atoms with van der Waals surface area (Å²) in [6.45, 7) is 34.2. The molecule has 338 valence electrons. The maximum atomic E-state index is 4.19. The number of fused-ring (bicyclic) bond motifs is 9. The van der Waals surface area contributed by atoms with Crippen molar-refractivity contribution in [1.29, 1.82) is 0 Å². The number of aryl methyl sites for hydroxylation is 2. The first-order chi connectivity index (χ1) is 31.0. The highest BCUT2D eigenvalue weighted by atomic mass is 32.1. The van der Waals surface area contributed by atoms with Gasteiger partial charge in [-0.2, -0.15) is 0 Å². The zero-order valence-corrected chi connectivity index (χ0v) is 43.3. The van der Waals surface area contributed by atoms with Crippen LogP contribution < -0.4 is 21.1 Å². The van der Waals surface area contributed by atoms with E-state index in [2.05, 4.69) is 198 Å². The highest BCUT2D eigenvalue weighted by Crippen LogP contribution is 2.53. The summed E-state index contributed by atoms with van der Waals surface area (Å²) in [6.07, 6.45) is 7.17. The van der Waals surface area contributed by atoms with E-state index in [1.807, 2.05) is 11.3 Å². The van der Waals surface area contributed by atoms with Crippen molar-refractivity contribution < 1.29 is 0 Å². The summed E-state index contributed by atoms with van der Waals surface area (Å²) in [4.78, 5) is 2.69. The lowest BCUT2D eigenvalue weighted by Gasteiger charge is -2.44. The van der Waals surface area contributed by atoms with Gasteiger partial charge in [-0.25, -0.2) is 0 Å². The normalized spacial score (nSPS) is 20.1. The second kappa shape index (κ2) is 14.4. The molecule has 0 atom stereocenters. The molecule has 7 aromatic rings. The molecule has 6 aromatic carbocycles. The zero-order valence-electron chi connectivity index (χ0n) is 42.5. The third kappa shape index (κ3) is 6.69. The molecule has 4 aliphatic rings. The van der Waals surface area contributed by atoms with Gasteiger partial charge in [0.1, 0.15) is 0 Å². The van der Waals surface area contributed by atoms with E-state index in [-0.39, 0.29) is 32.5 Å². The van der Waals surface area contributed by atoms with E-state index in [0.717, 1.165) is 7.28 Å². The molecule has 4 heteroatoms. The van der Waals surface area contributed by atoms with Crippen molar-refractivity contribution in [2.45, 2.75) is 168 Å². The van der Waals surface area contributed by atoms with Crippen LogP contribution in [0.2, 0.25) is 0 Å². The van der Waals surface area contributed by atoms with Crippen molar-refractivity contribution in [2.75, 3.05) is 10.2 Å². The topological polar surface area (TPSA) is 15.3 Å². The van der Waals surface area contributed by atoms with Crippen LogP contribution in [-0.4, -0.2) is 7.28 Å². The number of benzene rings is 6. The van der Waals surface area contributed by atoms with Gasteiger partial charge in [0.15, 0.2) is 7.28 Å². The fourth-order valence-corrected chi connectivity index (χ4v) is 14.2. The van der Waals surface area contributed by atoms with Gasteiger partial charge in [0.2, 0.25) is 0 Å². The maximum Gasteiger partial charge on any atom is 0.200 e. The largest absolute Gasteiger partial charge is 0.355 e. The molecule has 0 radical (unpaired) electrons. The van der Waals surface area contributed by atoms with Crippen LogP contribution in [0.5, 0.6) is 0 Å². The fourth-order valence-electron chi connectivity index (χ4n) is 12.9. The van der Waals surface area contributed by atoms with Crippen LogP contribution in [0.4, 0.5) is 28.4 Å². The monoisotopic (exact) mass is 887 g/mol. The lowest BCUT2D eigenvalue weighted by atomic mass is 9.57. The molecule has 0 fully saturated rings. The van der Waals surface area contributed by atoms with E-state index in [9.17, 15) is 0 Å².